The molecule has 1 heterocycles. The van der Waals surface area contributed by atoms with Crippen molar-refractivity contribution in [1.82, 2.24) is 9.88 Å². The Bertz CT molecular complexity index is 415. The molecule has 0 radical (unpaired) electrons. The lowest BCUT2D eigenvalue weighted by Crippen LogP contribution is -2.17. The molecule has 2 unspecified atom stereocenters. The van der Waals surface area contributed by atoms with Crippen LogP contribution >= 0.6 is 0 Å². The molecule has 0 aliphatic heterocycles. The van der Waals surface area contributed by atoms with Gasteiger partial charge >= 0.3 is 0 Å². The first-order chi connectivity index (χ1) is 8.90. The summed E-state index contributed by atoms with van der Waals surface area (Å²) in [5, 5.41) is 0. The van der Waals surface area contributed by atoms with Crippen LogP contribution in [0.4, 0.5) is 4.39 Å². The molecule has 0 saturated heterocycles. The van der Waals surface area contributed by atoms with Gasteiger partial charge in [-0.3, -0.25) is 4.98 Å². The zero-order valence-corrected chi connectivity index (χ0v) is 13.1. The fraction of sp³-hybridized carbons (Fsp3) is 0.688. The summed E-state index contributed by atoms with van der Waals surface area (Å²) in [6.07, 6.45) is 1.91. The summed E-state index contributed by atoms with van der Waals surface area (Å²) in [5.74, 6) is 0.377. The summed E-state index contributed by atoms with van der Waals surface area (Å²) in [4.78, 5) is 6.73. The van der Waals surface area contributed by atoms with Gasteiger partial charge < -0.3 is 4.90 Å². The number of hydrogen-bond acceptors (Lipinski definition) is 2. The number of halogens is 1. The molecule has 19 heavy (non-hydrogen) atoms. The number of aromatic nitrogens is 1. The van der Waals surface area contributed by atoms with Gasteiger partial charge in [0, 0.05) is 12.5 Å². The third-order valence-electron chi connectivity index (χ3n) is 3.80. The Balaban J connectivity index is 3.28. The first kappa shape index (κ1) is 16.1. The van der Waals surface area contributed by atoms with Gasteiger partial charge in [0.15, 0.2) is 0 Å². The summed E-state index contributed by atoms with van der Waals surface area (Å²) >= 11 is 0. The quantitative estimate of drug-likeness (QED) is 0.762. The van der Waals surface area contributed by atoms with Crippen LogP contribution in [0.5, 0.6) is 0 Å². The second-order valence-electron chi connectivity index (χ2n) is 5.75. The smallest absolute Gasteiger partial charge is 0.145 e. The maximum Gasteiger partial charge on any atom is 0.145 e. The normalized spacial score (nSPS) is 14.7. The molecule has 1 aromatic rings. The van der Waals surface area contributed by atoms with Crippen molar-refractivity contribution in [3.8, 4) is 0 Å². The van der Waals surface area contributed by atoms with E-state index in [0.717, 1.165) is 30.6 Å². The van der Waals surface area contributed by atoms with E-state index >= 15 is 0 Å². The highest BCUT2D eigenvalue weighted by atomic mass is 19.1. The van der Waals surface area contributed by atoms with E-state index in [1.807, 2.05) is 21.0 Å². The van der Waals surface area contributed by atoms with Crippen molar-refractivity contribution >= 4 is 0 Å². The van der Waals surface area contributed by atoms with Gasteiger partial charge in [-0.05, 0) is 44.5 Å². The fourth-order valence-corrected chi connectivity index (χ4v) is 2.17. The van der Waals surface area contributed by atoms with Gasteiger partial charge in [-0.2, -0.15) is 0 Å². The largest absolute Gasteiger partial charge is 0.304 e. The van der Waals surface area contributed by atoms with Gasteiger partial charge in [0.1, 0.15) is 5.82 Å². The molecule has 0 fully saturated rings. The van der Waals surface area contributed by atoms with E-state index in [4.69, 9.17) is 0 Å². The molecule has 2 nitrogen and oxygen atoms in total. The molecule has 1 rings (SSSR count). The monoisotopic (exact) mass is 266 g/mol. The Labute approximate surface area is 117 Å². The minimum atomic E-state index is -0.146. The maximum atomic E-state index is 14.2. The molecule has 0 saturated carbocycles. The van der Waals surface area contributed by atoms with Crippen LogP contribution < -0.4 is 0 Å². The van der Waals surface area contributed by atoms with E-state index in [1.165, 1.54) is 0 Å². The molecule has 2 atom stereocenters. The summed E-state index contributed by atoms with van der Waals surface area (Å²) in [5.41, 5.74) is 2.70. The lowest BCUT2D eigenvalue weighted by atomic mass is 9.94. The fourth-order valence-electron chi connectivity index (χ4n) is 2.17. The van der Waals surface area contributed by atoms with Crippen molar-refractivity contribution in [1.29, 1.82) is 0 Å². The van der Waals surface area contributed by atoms with Crippen LogP contribution in [0.1, 0.15) is 69.3 Å². The third kappa shape index (κ3) is 4.00. The van der Waals surface area contributed by atoms with E-state index in [0.29, 0.717) is 11.6 Å². The molecule has 0 N–H and O–H groups in total. The standard InChI is InChI=1S/C16H27FN2/c1-7-11(3)13-9-14(17)16(12(4)8-2)18-15(13)10-19(5)6/h9,11-12H,7-8,10H2,1-6H3. The lowest BCUT2D eigenvalue weighted by molar-refractivity contribution is 0.390. The predicted octanol–water partition coefficient (Wildman–Crippen LogP) is 4.31. The van der Waals surface area contributed by atoms with Crippen LogP contribution in [0.15, 0.2) is 6.07 Å². The van der Waals surface area contributed by atoms with Crippen molar-refractivity contribution < 1.29 is 4.39 Å². The molecule has 3 heteroatoms. The SMILES string of the molecule is CCC(C)c1cc(F)c(C(C)CC)nc1CN(C)C. The van der Waals surface area contributed by atoms with Crippen molar-refractivity contribution in [2.24, 2.45) is 0 Å². The van der Waals surface area contributed by atoms with Gasteiger partial charge in [-0.1, -0.05) is 27.7 Å². The molecule has 0 spiro atoms. The van der Waals surface area contributed by atoms with E-state index < -0.39 is 0 Å². The number of nitrogens with zero attached hydrogens (tertiary/aromatic N) is 2. The Morgan fingerprint density at radius 2 is 1.74 bits per heavy atom. The summed E-state index contributed by atoms with van der Waals surface area (Å²) in [7, 11) is 4.04. The average Bonchev–Trinajstić information content (AvgIpc) is 2.37. The van der Waals surface area contributed by atoms with Crippen LogP contribution in [-0.4, -0.2) is 24.0 Å². The number of pyridine rings is 1. The van der Waals surface area contributed by atoms with Crippen molar-refractivity contribution in [2.75, 3.05) is 14.1 Å². The first-order valence-electron chi connectivity index (χ1n) is 7.24. The van der Waals surface area contributed by atoms with Gasteiger partial charge in [-0.25, -0.2) is 4.39 Å². The van der Waals surface area contributed by atoms with Crippen LogP contribution in [-0.2, 0) is 6.54 Å². The number of rotatable bonds is 6. The molecule has 0 amide bonds. The Morgan fingerprint density at radius 3 is 2.21 bits per heavy atom. The molecule has 108 valence electrons. The molecule has 0 aliphatic carbocycles. The number of hydrogen-bond donors (Lipinski definition) is 0. The minimum Gasteiger partial charge on any atom is -0.304 e. The third-order valence-corrected chi connectivity index (χ3v) is 3.80. The Hall–Kier alpha value is -0.960. The van der Waals surface area contributed by atoms with Gasteiger partial charge in [0.05, 0.1) is 11.4 Å². The Morgan fingerprint density at radius 1 is 1.16 bits per heavy atom. The van der Waals surface area contributed by atoms with Crippen molar-refractivity contribution in [3.63, 3.8) is 0 Å². The maximum absolute atomic E-state index is 14.2. The topological polar surface area (TPSA) is 16.1 Å². The van der Waals surface area contributed by atoms with Crippen LogP contribution in [0.25, 0.3) is 0 Å². The van der Waals surface area contributed by atoms with Crippen molar-refractivity contribution in [3.05, 3.63) is 28.8 Å². The van der Waals surface area contributed by atoms with E-state index in [2.05, 4.69) is 30.7 Å². The second kappa shape index (κ2) is 6.99. The predicted molar refractivity (Wildman–Crippen MR) is 79.0 cm³/mol. The first-order valence-corrected chi connectivity index (χ1v) is 7.24. The second-order valence-corrected chi connectivity index (χ2v) is 5.75. The highest BCUT2D eigenvalue weighted by molar-refractivity contribution is 5.29. The summed E-state index contributed by atoms with van der Waals surface area (Å²) in [6, 6.07) is 1.71. The summed E-state index contributed by atoms with van der Waals surface area (Å²) < 4.78 is 14.2. The summed E-state index contributed by atoms with van der Waals surface area (Å²) in [6.45, 7) is 9.14. The van der Waals surface area contributed by atoms with E-state index in [9.17, 15) is 4.39 Å². The molecule has 0 bridgehead atoms. The highest BCUT2D eigenvalue weighted by Crippen LogP contribution is 2.28. The van der Waals surface area contributed by atoms with Crippen LogP contribution in [0, 0.1) is 5.82 Å². The Kier molecular flexibility index (Phi) is 5.92. The average molecular weight is 266 g/mol. The molecule has 0 aliphatic rings. The molecule has 1 aromatic heterocycles. The molecular weight excluding hydrogens is 239 g/mol. The van der Waals surface area contributed by atoms with Gasteiger partial charge in [-0.15, -0.1) is 0 Å². The van der Waals surface area contributed by atoms with E-state index in [-0.39, 0.29) is 11.7 Å². The zero-order chi connectivity index (χ0) is 14.6. The van der Waals surface area contributed by atoms with Gasteiger partial charge in [0.2, 0.25) is 0 Å². The van der Waals surface area contributed by atoms with Crippen molar-refractivity contribution in [2.45, 2.75) is 58.9 Å². The highest BCUT2D eigenvalue weighted by Gasteiger charge is 2.18. The minimum absolute atomic E-state index is 0.146. The molecular formula is C16H27FN2. The molecule has 0 aromatic carbocycles. The lowest BCUT2D eigenvalue weighted by Gasteiger charge is -2.20. The van der Waals surface area contributed by atoms with E-state index in [1.54, 1.807) is 6.07 Å². The zero-order valence-electron chi connectivity index (χ0n) is 13.1. The van der Waals surface area contributed by atoms with Crippen LogP contribution in [0.2, 0.25) is 0 Å². The van der Waals surface area contributed by atoms with Crippen LogP contribution in [0.3, 0.4) is 0 Å². The van der Waals surface area contributed by atoms with Gasteiger partial charge in [0.25, 0.3) is 0 Å².